The summed E-state index contributed by atoms with van der Waals surface area (Å²) in [6.45, 7) is 1.31. The van der Waals surface area contributed by atoms with E-state index in [9.17, 15) is 9.59 Å². The van der Waals surface area contributed by atoms with Crippen LogP contribution in [0.5, 0.6) is 5.75 Å². The number of amides is 3. The number of nitrogens with one attached hydrogen (secondary N) is 2. The van der Waals surface area contributed by atoms with E-state index in [0.29, 0.717) is 26.1 Å². The van der Waals surface area contributed by atoms with Gasteiger partial charge in [0, 0.05) is 18.7 Å². The molecule has 2 N–H and O–H groups in total. The average Bonchev–Trinajstić information content (AvgIpc) is 3.34. The normalized spacial score (nSPS) is 15.2. The molecule has 33 heavy (non-hydrogen) atoms. The van der Waals surface area contributed by atoms with Crippen molar-refractivity contribution in [3.8, 4) is 5.75 Å². The first-order valence-corrected chi connectivity index (χ1v) is 11.4. The van der Waals surface area contributed by atoms with Crippen LogP contribution >= 0.6 is 0 Å². The second-order valence-electron chi connectivity index (χ2n) is 8.06. The van der Waals surface area contributed by atoms with Gasteiger partial charge < -0.3 is 20.3 Å². The maximum absolute atomic E-state index is 12.7. The molecular weight excluding hydrogens is 414 g/mol. The van der Waals surface area contributed by atoms with Crippen LogP contribution in [0.4, 0.5) is 10.5 Å². The van der Waals surface area contributed by atoms with Crippen molar-refractivity contribution in [2.75, 3.05) is 25.0 Å². The van der Waals surface area contributed by atoms with Gasteiger partial charge in [0.1, 0.15) is 18.4 Å². The van der Waals surface area contributed by atoms with Gasteiger partial charge in [-0.2, -0.15) is 0 Å². The van der Waals surface area contributed by atoms with Crippen LogP contribution < -0.4 is 15.4 Å². The molecule has 6 nitrogen and oxygen atoms in total. The van der Waals surface area contributed by atoms with Crippen molar-refractivity contribution < 1.29 is 14.3 Å². The van der Waals surface area contributed by atoms with Crippen LogP contribution in [0, 0.1) is 0 Å². The van der Waals surface area contributed by atoms with E-state index in [-0.39, 0.29) is 11.9 Å². The fourth-order valence-electron chi connectivity index (χ4n) is 4.06. The molecular formula is C27H29N3O3. The van der Waals surface area contributed by atoms with Gasteiger partial charge in [-0.1, -0.05) is 66.7 Å². The molecule has 1 atom stereocenters. The number of carbonyl (C=O) groups is 2. The van der Waals surface area contributed by atoms with Crippen LogP contribution in [0.1, 0.15) is 24.0 Å². The molecule has 4 rings (SSSR count). The van der Waals surface area contributed by atoms with Crippen molar-refractivity contribution in [1.29, 1.82) is 0 Å². The van der Waals surface area contributed by atoms with Crippen molar-refractivity contribution in [3.63, 3.8) is 0 Å². The molecule has 0 bridgehead atoms. The van der Waals surface area contributed by atoms with E-state index in [1.807, 2.05) is 66.7 Å². The van der Waals surface area contributed by atoms with Gasteiger partial charge in [-0.3, -0.25) is 4.79 Å². The summed E-state index contributed by atoms with van der Waals surface area (Å²) in [6.07, 6.45) is 2.26. The smallest absolute Gasteiger partial charge is 0.322 e. The SMILES string of the molecule is O=C(NCCOc1ccccc1Cc1ccccc1)[C@H]1CCCN1C(=O)Nc1ccccc1. The monoisotopic (exact) mass is 443 g/mol. The summed E-state index contributed by atoms with van der Waals surface area (Å²) >= 11 is 0. The summed E-state index contributed by atoms with van der Waals surface area (Å²) in [6, 6.07) is 26.8. The summed E-state index contributed by atoms with van der Waals surface area (Å²) in [5, 5.41) is 5.79. The Bertz CT molecular complexity index is 1060. The number of hydrogen-bond donors (Lipinski definition) is 2. The van der Waals surface area contributed by atoms with Crippen LogP contribution in [0.15, 0.2) is 84.9 Å². The van der Waals surface area contributed by atoms with Gasteiger partial charge in [0.15, 0.2) is 0 Å². The highest BCUT2D eigenvalue weighted by Gasteiger charge is 2.33. The number of urea groups is 1. The first-order chi connectivity index (χ1) is 16.2. The van der Waals surface area contributed by atoms with Crippen molar-refractivity contribution in [2.24, 2.45) is 0 Å². The lowest BCUT2D eigenvalue weighted by atomic mass is 10.0. The molecule has 3 aromatic carbocycles. The number of anilines is 1. The number of likely N-dealkylation sites (tertiary alicyclic amines) is 1. The number of benzene rings is 3. The number of nitrogens with zero attached hydrogens (tertiary/aromatic N) is 1. The molecule has 1 aliphatic heterocycles. The highest BCUT2D eigenvalue weighted by molar-refractivity contribution is 5.94. The minimum Gasteiger partial charge on any atom is -0.491 e. The molecule has 0 spiro atoms. The number of rotatable bonds is 8. The van der Waals surface area contributed by atoms with E-state index in [0.717, 1.165) is 29.8 Å². The van der Waals surface area contributed by atoms with Crippen LogP contribution in [-0.2, 0) is 11.2 Å². The van der Waals surface area contributed by atoms with Crippen molar-refractivity contribution in [3.05, 3.63) is 96.1 Å². The average molecular weight is 444 g/mol. The quantitative estimate of drug-likeness (QED) is 0.505. The molecule has 6 heteroatoms. The highest BCUT2D eigenvalue weighted by Crippen LogP contribution is 2.22. The lowest BCUT2D eigenvalue weighted by Crippen LogP contribution is -2.48. The molecule has 3 amide bonds. The molecule has 3 aromatic rings. The molecule has 0 unspecified atom stereocenters. The molecule has 1 fully saturated rings. The Kier molecular flexibility index (Phi) is 7.59. The summed E-state index contributed by atoms with van der Waals surface area (Å²) < 4.78 is 5.97. The van der Waals surface area contributed by atoms with Gasteiger partial charge in [0.25, 0.3) is 0 Å². The third kappa shape index (κ3) is 6.13. The maximum Gasteiger partial charge on any atom is 0.322 e. The first kappa shape index (κ1) is 22.4. The standard InChI is InChI=1S/C27H29N3O3/c31-26(24-15-9-18-30(24)27(32)29-23-13-5-2-6-14-23)28-17-19-33-25-16-8-7-12-22(25)20-21-10-3-1-4-11-21/h1-8,10-14,16,24H,9,15,17-20H2,(H,28,31)(H,29,32)/t24-/m1/s1. The molecule has 0 radical (unpaired) electrons. The predicted octanol–water partition coefficient (Wildman–Crippen LogP) is 4.47. The number of para-hydroxylation sites is 2. The molecule has 0 aromatic heterocycles. The van der Waals surface area contributed by atoms with Crippen LogP contribution in [0.2, 0.25) is 0 Å². The minimum atomic E-state index is -0.459. The first-order valence-electron chi connectivity index (χ1n) is 11.4. The Morgan fingerprint density at radius 3 is 2.39 bits per heavy atom. The third-order valence-electron chi connectivity index (χ3n) is 5.71. The van der Waals surface area contributed by atoms with E-state index < -0.39 is 6.04 Å². The number of ether oxygens (including phenoxy) is 1. The Hall–Kier alpha value is -3.80. The molecule has 1 aliphatic rings. The minimum absolute atomic E-state index is 0.142. The van der Waals surface area contributed by atoms with Crippen molar-refractivity contribution in [2.45, 2.75) is 25.3 Å². The topological polar surface area (TPSA) is 70.7 Å². The largest absolute Gasteiger partial charge is 0.491 e. The molecule has 1 heterocycles. The maximum atomic E-state index is 12.7. The zero-order valence-corrected chi connectivity index (χ0v) is 18.6. The van der Waals surface area contributed by atoms with Crippen molar-refractivity contribution in [1.82, 2.24) is 10.2 Å². The Morgan fingerprint density at radius 2 is 1.61 bits per heavy atom. The van der Waals surface area contributed by atoms with E-state index in [4.69, 9.17) is 4.74 Å². The van der Waals surface area contributed by atoms with Gasteiger partial charge in [0.05, 0.1) is 6.54 Å². The third-order valence-corrected chi connectivity index (χ3v) is 5.71. The van der Waals surface area contributed by atoms with E-state index >= 15 is 0 Å². The summed E-state index contributed by atoms with van der Waals surface area (Å²) in [7, 11) is 0. The fraction of sp³-hybridized carbons (Fsp3) is 0.259. The van der Waals surface area contributed by atoms with Gasteiger partial charge in [0.2, 0.25) is 5.91 Å². The van der Waals surface area contributed by atoms with Crippen molar-refractivity contribution >= 4 is 17.6 Å². The molecule has 0 aliphatic carbocycles. The van der Waals surface area contributed by atoms with E-state index in [1.54, 1.807) is 4.90 Å². The Labute approximate surface area is 194 Å². The van der Waals surface area contributed by atoms with Gasteiger partial charge in [-0.05, 0) is 42.2 Å². The highest BCUT2D eigenvalue weighted by atomic mass is 16.5. The fourth-order valence-corrected chi connectivity index (χ4v) is 4.06. The van der Waals surface area contributed by atoms with Crippen LogP contribution in [0.3, 0.4) is 0 Å². The molecule has 1 saturated heterocycles. The van der Waals surface area contributed by atoms with E-state index in [1.165, 1.54) is 5.56 Å². The summed E-state index contributed by atoms with van der Waals surface area (Å²) in [5.74, 6) is 0.678. The van der Waals surface area contributed by atoms with Gasteiger partial charge in [-0.25, -0.2) is 4.79 Å². The second-order valence-corrected chi connectivity index (χ2v) is 8.06. The zero-order chi connectivity index (χ0) is 22.9. The van der Waals surface area contributed by atoms with Crippen LogP contribution in [-0.4, -0.2) is 42.6 Å². The Balaban J connectivity index is 1.26. The molecule has 170 valence electrons. The van der Waals surface area contributed by atoms with Gasteiger partial charge in [-0.15, -0.1) is 0 Å². The lowest BCUT2D eigenvalue weighted by Gasteiger charge is -2.24. The Morgan fingerprint density at radius 1 is 0.909 bits per heavy atom. The molecule has 0 saturated carbocycles. The second kappa shape index (κ2) is 11.2. The zero-order valence-electron chi connectivity index (χ0n) is 18.6. The van der Waals surface area contributed by atoms with Crippen LogP contribution in [0.25, 0.3) is 0 Å². The summed E-state index contributed by atoms with van der Waals surface area (Å²) in [5.41, 5.74) is 3.04. The number of carbonyl (C=O) groups excluding carboxylic acids is 2. The van der Waals surface area contributed by atoms with Gasteiger partial charge >= 0.3 is 6.03 Å². The summed E-state index contributed by atoms with van der Waals surface area (Å²) in [4.78, 5) is 27.0. The number of hydrogen-bond acceptors (Lipinski definition) is 3. The van der Waals surface area contributed by atoms with E-state index in [2.05, 4.69) is 28.8 Å². The lowest BCUT2D eigenvalue weighted by molar-refractivity contribution is -0.124. The predicted molar refractivity (Wildman–Crippen MR) is 129 cm³/mol.